The normalized spacial score (nSPS) is 13.7. The molecule has 0 aromatic heterocycles. The number of carboxylic acid groups (broad SMARTS) is 1. The molecule has 0 saturated carbocycles. The molecule has 0 aliphatic rings. The third kappa shape index (κ3) is 4.31. The largest absolute Gasteiger partial charge is 0.480 e. The van der Waals surface area contributed by atoms with E-state index in [-0.39, 0.29) is 12.0 Å². The predicted octanol–water partition coefficient (Wildman–Crippen LogP) is 2.05. The molecule has 1 aromatic carbocycles. The first kappa shape index (κ1) is 15.1. The van der Waals surface area contributed by atoms with Gasteiger partial charge >= 0.3 is 5.97 Å². The van der Waals surface area contributed by atoms with E-state index in [9.17, 15) is 18.4 Å². The fourth-order valence-electron chi connectivity index (χ4n) is 1.65. The molecule has 0 bridgehead atoms. The van der Waals surface area contributed by atoms with Gasteiger partial charge in [0.1, 0.15) is 17.7 Å². The molecule has 2 unspecified atom stereocenters. The smallest absolute Gasteiger partial charge is 0.325 e. The number of carbonyl (C=O) groups is 2. The molecule has 1 amide bonds. The van der Waals surface area contributed by atoms with Gasteiger partial charge in [0.15, 0.2) is 0 Å². The average Bonchev–Trinajstić information content (AvgIpc) is 2.27. The number of benzene rings is 1. The Kier molecular flexibility index (Phi) is 4.97. The quantitative estimate of drug-likeness (QED) is 0.861. The number of carbonyl (C=O) groups excluding carboxylic acids is 1. The Labute approximate surface area is 109 Å². The summed E-state index contributed by atoms with van der Waals surface area (Å²) in [6, 6.07) is 2.15. The molecule has 4 nitrogen and oxygen atoms in total. The highest BCUT2D eigenvalue weighted by Gasteiger charge is 2.18. The highest BCUT2D eigenvalue weighted by molar-refractivity contribution is 5.83. The summed E-state index contributed by atoms with van der Waals surface area (Å²) < 4.78 is 26.2. The lowest BCUT2D eigenvalue weighted by molar-refractivity contribution is -0.141. The van der Waals surface area contributed by atoms with E-state index in [1.165, 1.54) is 13.0 Å². The molecule has 19 heavy (non-hydrogen) atoms. The second-order valence-electron chi connectivity index (χ2n) is 4.40. The van der Waals surface area contributed by atoms with Gasteiger partial charge in [-0.25, -0.2) is 8.78 Å². The van der Waals surface area contributed by atoms with Crippen molar-refractivity contribution >= 4 is 11.9 Å². The van der Waals surface area contributed by atoms with Crippen molar-refractivity contribution in [3.8, 4) is 0 Å². The van der Waals surface area contributed by atoms with Crippen LogP contribution in [-0.2, 0) is 9.59 Å². The van der Waals surface area contributed by atoms with Crippen molar-refractivity contribution in [1.29, 1.82) is 0 Å². The van der Waals surface area contributed by atoms with Crippen molar-refractivity contribution in [3.63, 3.8) is 0 Å². The van der Waals surface area contributed by atoms with Crippen molar-refractivity contribution < 1.29 is 23.5 Å². The van der Waals surface area contributed by atoms with Gasteiger partial charge in [-0.05, 0) is 24.5 Å². The number of rotatable bonds is 5. The summed E-state index contributed by atoms with van der Waals surface area (Å²) in [5.74, 6) is -3.51. The van der Waals surface area contributed by atoms with E-state index >= 15 is 0 Å². The summed E-state index contributed by atoms with van der Waals surface area (Å²) in [4.78, 5) is 22.1. The van der Waals surface area contributed by atoms with E-state index in [0.717, 1.165) is 12.1 Å². The van der Waals surface area contributed by atoms with Crippen LogP contribution < -0.4 is 5.32 Å². The molecule has 0 fully saturated rings. The molecular weight excluding hydrogens is 256 g/mol. The molecule has 0 aliphatic heterocycles. The summed E-state index contributed by atoms with van der Waals surface area (Å²) in [6.07, 6.45) is -0.0693. The minimum Gasteiger partial charge on any atom is -0.480 e. The van der Waals surface area contributed by atoms with Crippen LogP contribution in [0.15, 0.2) is 18.2 Å². The summed E-state index contributed by atoms with van der Waals surface area (Å²) in [5.41, 5.74) is 0.222. The van der Waals surface area contributed by atoms with Crippen LogP contribution in [0.5, 0.6) is 0 Å². The van der Waals surface area contributed by atoms with E-state index in [1.807, 2.05) is 0 Å². The number of nitrogens with one attached hydrogen (secondary N) is 1. The minimum atomic E-state index is -1.14. The molecule has 2 atom stereocenters. The first-order valence-corrected chi connectivity index (χ1v) is 5.78. The summed E-state index contributed by atoms with van der Waals surface area (Å²) in [7, 11) is 0. The predicted molar refractivity (Wildman–Crippen MR) is 64.6 cm³/mol. The van der Waals surface area contributed by atoms with Crippen LogP contribution in [0.1, 0.15) is 31.7 Å². The van der Waals surface area contributed by atoms with Gasteiger partial charge < -0.3 is 10.4 Å². The van der Waals surface area contributed by atoms with Gasteiger partial charge in [0.2, 0.25) is 5.91 Å². The van der Waals surface area contributed by atoms with Crippen molar-refractivity contribution in [1.82, 2.24) is 5.32 Å². The summed E-state index contributed by atoms with van der Waals surface area (Å²) in [5, 5.41) is 10.9. The third-order valence-electron chi connectivity index (χ3n) is 2.73. The molecule has 2 N–H and O–H groups in total. The van der Waals surface area contributed by atoms with Crippen LogP contribution in [0.4, 0.5) is 8.78 Å². The number of aliphatic carboxylic acids is 1. The standard InChI is InChI=1S/C13H15F2NO3/c1-7(5-12(17)16-8(2)13(18)19)10-4-3-9(14)6-11(10)15/h3-4,6-8H,5H2,1-2H3,(H,16,17)(H,18,19). The molecule has 104 valence electrons. The van der Waals surface area contributed by atoms with Gasteiger partial charge in [0, 0.05) is 12.5 Å². The molecule has 6 heteroatoms. The summed E-state index contributed by atoms with van der Waals surface area (Å²) >= 11 is 0. The average molecular weight is 271 g/mol. The molecule has 0 saturated heterocycles. The Morgan fingerprint density at radius 1 is 1.32 bits per heavy atom. The monoisotopic (exact) mass is 271 g/mol. The van der Waals surface area contributed by atoms with Crippen molar-refractivity contribution in [2.75, 3.05) is 0 Å². The number of halogens is 2. The zero-order valence-electron chi connectivity index (χ0n) is 10.6. The molecule has 1 rings (SSSR count). The Morgan fingerprint density at radius 3 is 2.47 bits per heavy atom. The topological polar surface area (TPSA) is 66.4 Å². The van der Waals surface area contributed by atoms with Gasteiger partial charge in [-0.15, -0.1) is 0 Å². The maximum absolute atomic E-state index is 13.5. The SMILES string of the molecule is CC(NC(=O)CC(C)c1ccc(F)cc1F)C(=O)O. The fourth-order valence-corrected chi connectivity index (χ4v) is 1.65. The fraction of sp³-hybridized carbons (Fsp3) is 0.385. The van der Waals surface area contributed by atoms with Gasteiger partial charge in [0.05, 0.1) is 0 Å². The highest BCUT2D eigenvalue weighted by atomic mass is 19.1. The van der Waals surface area contributed by atoms with Crippen molar-refractivity contribution in [3.05, 3.63) is 35.4 Å². The van der Waals surface area contributed by atoms with E-state index in [1.54, 1.807) is 6.92 Å². The third-order valence-corrected chi connectivity index (χ3v) is 2.73. The van der Waals surface area contributed by atoms with Gasteiger partial charge in [-0.3, -0.25) is 9.59 Å². The van der Waals surface area contributed by atoms with Crippen molar-refractivity contribution in [2.24, 2.45) is 0 Å². The lowest BCUT2D eigenvalue weighted by Crippen LogP contribution is -2.38. The lowest BCUT2D eigenvalue weighted by atomic mass is 9.96. The second-order valence-corrected chi connectivity index (χ2v) is 4.40. The zero-order chi connectivity index (χ0) is 14.6. The number of hydrogen-bond acceptors (Lipinski definition) is 2. The Bertz CT molecular complexity index is 491. The van der Waals surface area contributed by atoms with Crippen LogP contribution >= 0.6 is 0 Å². The van der Waals surface area contributed by atoms with Crippen LogP contribution in [0.25, 0.3) is 0 Å². The van der Waals surface area contributed by atoms with E-state index < -0.39 is 35.5 Å². The van der Waals surface area contributed by atoms with Crippen LogP contribution in [0.2, 0.25) is 0 Å². The Morgan fingerprint density at radius 2 is 1.95 bits per heavy atom. The van der Waals surface area contributed by atoms with Gasteiger partial charge in [-0.2, -0.15) is 0 Å². The Balaban J connectivity index is 2.66. The first-order chi connectivity index (χ1) is 8.81. The number of hydrogen-bond donors (Lipinski definition) is 2. The molecule has 0 aliphatic carbocycles. The molecule has 1 aromatic rings. The highest BCUT2D eigenvalue weighted by Crippen LogP contribution is 2.22. The van der Waals surface area contributed by atoms with E-state index in [0.29, 0.717) is 0 Å². The molecule has 0 spiro atoms. The number of amides is 1. The Hall–Kier alpha value is -1.98. The number of carboxylic acids is 1. The lowest BCUT2D eigenvalue weighted by Gasteiger charge is -2.14. The molecular formula is C13H15F2NO3. The van der Waals surface area contributed by atoms with E-state index in [2.05, 4.69) is 5.32 Å². The van der Waals surface area contributed by atoms with Crippen LogP contribution in [-0.4, -0.2) is 23.0 Å². The van der Waals surface area contributed by atoms with Crippen LogP contribution in [0.3, 0.4) is 0 Å². The molecule has 0 heterocycles. The zero-order valence-corrected chi connectivity index (χ0v) is 10.6. The minimum absolute atomic E-state index is 0.0693. The van der Waals surface area contributed by atoms with E-state index in [4.69, 9.17) is 5.11 Å². The van der Waals surface area contributed by atoms with Crippen molar-refractivity contribution in [2.45, 2.75) is 32.2 Å². The second kappa shape index (κ2) is 6.26. The molecule has 0 radical (unpaired) electrons. The van der Waals surface area contributed by atoms with Gasteiger partial charge in [-0.1, -0.05) is 13.0 Å². The summed E-state index contributed by atoms with van der Waals surface area (Å²) in [6.45, 7) is 2.95. The maximum Gasteiger partial charge on any atom is 0.325 e. The van der Waals surface area contributed by atoms with Crippen LogP contribution in [0, 0.1) is 11.6 Å². The van der Waals surface area contributed by atoms with Gasteiger partial charge in [0.25, 0.3) is 0 Å². The maximum atomic E-state index is 13.5. The first-order valence-electron chi connectivity index (χ1n) is 5.78.